The molecule has 1 aromatic rings. The van der Waals surface area contributed by atoms with Crippen molar-refractivity contribution < 1.29 is 5.11 Å². The van der Waals surface area contributed by atoms with Crippen molar-refractivity contribution in [3.63, 3.8) is 0 Å². The third-order valence-electron chi connectivity index (χ3n) is 3.65. The predicted molar refractivity (Wildman–Crippen MR) is 70.9 cm³/mol. The Morgan fingerprint density at radius 2 is 2.18 bits per heavy atom. The Bertz CT molecular complexity index is 381. The highest BCUT2D eigenvalue weighted by molar-refractivity contribution is 5.22. The third-order valence-corrected chi connectivity index (χ3v) is 3.65. The molecule has 0 aliphatic carbocycles. The van der Waals surface area contributed by atoms with Crippen LogP contribution < -0.4 is 0 Å². The molecule has 17 heavy (non-hydrogen) atoms. The van der Waals surface area contributed by atoms with Crippen LogP contribution in [-0.2, 0) is 6.54 Å². The second-order valence-electron chi connectivity index (χ2n) is 5.77. The van der Waals surface area contributed by atoms with Gasteiger partial charge in [-0.25, -0.2) is 0 Å². The largest absolute Gasteiger partial charge is 0.389 e. The maximum absolute atomic E-state index is 10.2. The zero-order chi connectivity index (χ0) is 12.5. The number of hydrogen-bond acceptors (Lipinski definition) is 2. The number of likely N-dealkylation sites (tertiary alicyclic amines) is 1. The summed E-state index contributed by atoms with van der Waals surface area (Å²) in [7, 11) is 0. The summed E-state index contributed by atoms with van der Waals surface area (Å²) in [5.74, 6) is 0. The van der Waals surface area contributed by atoms with Crippen molar-refractivity contribution >= 4 is 0 Å². The average Bonchev–Trinajstić information content (AvgIpc) is 2.65. The fraction of sp³-hybridized carbons (Fsp3) is 0.600. The third kappa shape index (κ3) is 3.08. The summed E-state index contributed by atoms with van der Waals surface area (Å²) in [5, 5.41) is 10.2. The highest BCUT2D eigenvalue weighted by Gasteiger charge is 2.35. The monoisotopic (exact) mass is 233 g/mol. The quantitative estimate of drug-likeness (QED) is 0.867. The minimum atomic E-state index is -0.597. The zero-order valence-electron chi connectivity index (χ0n) is 11.1. The van der Waals surface area contributed by atoms with Gasteiger partial charge in [-0.05, 0) is 45.7 Å². The van der Waals surface area contributed by atoms with Gasteiger partial charge in [-0.15, -0.1) is 0 Å². The molecule has 1 N–H and O–H groups in total. The van der Waals surface area contributed by atoms with Gasteiger partial charge in [0, 0.05) is 12.6 Å². The molecule has 0 saturated carbocycles. The first-order valence-corrected chi connectivity index (χ1v) is 6.49. The smallest absolute Gasteiger partial charge is 0.0746 e. The van der Waals surface area contributed by atoms with Gasteiger partial charge in [-0.2, -0.15) is 0 Å². The summed E-state index contributed by atoms with van der Waals surface area (Å²) < 4.78 is 0. The van der Waals surface area contributed by atoms with Crippen LogP contribution in [0.4, 0.5) is 0 Å². The number of benzene rings is 1. The van der Waals surface area contributed by atoms with Gasteiger partial charge < -0.3 is 5.11 Å². The molecule has 94 valence electrons. The van der Waals surface area contributed by atoms with Crippen LogP contribution in [0.1, 0.15) is 37.8 Å². The number of nitrogens with zero attached hydrogens (tertiary/aromatic N) is 1. The van der Waals surface area contributed by atoms with Gasteiger partial charge in [-0.3, -0.25) is 4.90 Å². The molecule has 1 aliphatic rings. The lowest BCUT2D eigenvalue weighted by molar-refractivity contribution is -0.00501. The van der Waals surface area contributed by atoms with Crippen molar-refractivity contribution in [2.45, 2.75) is 51.8 Å². The van der Waals surface area contributed by atoms with E-state index < -0.39 is 5.60 Å². The van der Waals surface area contributed by atoms with E-state index in [-0.39, 0.29) is 0 Å². The average molecular weight is 233 g/mol. The molecule has 1 heterocycles. The van der Waals surface area contributed by atoms with E-state index in [2.05, 4.69) is 36.1 Å². The Hall–Kier alpha value is -0.860. The first kappa shape index (κ1) is 12.6. The van der Waals surface area contributed by atoms with Gasteiger partial charge in [0.2, 0.25) is 0 Å². The summed E-state index contributed by atoms with van der Waals surface area (Å²) in [4.78, 5) is 2.41. The molecule has 1 unspecified atom stereocenters. The van der Waals surface area contributed by atoms with Crippen LogP contribution in [0.25, 0.3) is 0 Å². The van der Waals surface area contributed by atoms with E-state index in [9.17, 15) is 5.11 Å². The number of aliphatic hydroxyl groups is 1. The van der Waals surface area contributed by atoms with Gasteiger partial charge >= 0.3 is 0 Å². The topological polar surface area (TPSA) is 23.5 Å². The van der Waals surface area contributed by atoms with E-state index in [0.29, 0.717) is 6.04 Å². The van der Waals surface area contributed by atoms with Crippen LogP contribution in [0.5, 0.6) is 0 Å². The minimum Gasteiger partial charge on any atom is -0.389 e. The van der Waals surface area contributed by atoms with Crippen molar-refractivity contribution in [2.24, 2.45) is 0 Å². The second kappa shape index (κ2) is 4.79. The lowest BCUT2D eigenvalue weighted by Gasteiger charge is -2.33. The van der Waals surface area contributed by atoms with Crippen molar-refractivity contribution in [3.05, 3.63) is 35.4 Å². The van der Waals surface area contributed by atoms with Crippen LogP contribution in [0.3, 0.4) is 0 Å². The lowest BCUT2D eigenvalue weighted by Crippen LogP contribution is -2.45. The molecule has 2 heteroatoms. The molecule has 1 atom stereocenters. The minimum absolute atomic E-state index is 0.294. The zero-order valence-corrected chi connectivity index (χ0v) is 11.1. The Kier molecular flexibility index (Phi) is 3.55. The highest BCUT2D eigenvalue weighted by Crippen LogP contribution is 2.28. The van der Waals surface area contributed by atoms with E-state index in [1.165, 1.54) is 17.5 Å². The van der Waals surface area contributed by atoms with Crippen LogP contribution in [0, 0.1) is 6.92 Å². The van der Waals surface area contributed by atoms with Crippen molar-refractivity contribution in [1.82, 2.24) is 4.90 Å². The lowest BCUT2D eigenvalue weighted by atomic mass is 9.96. The van der Waals surface area contributed by atoms with Crippen molar-refractivity contribution in [1.29, 1.82) is 0 Å². The fourth-order valence-electron chi connectivity index (χ4n) is 2.86. The molecule has 0 aromatic heterocycles. The first-order chi connectivity index (χ1) is 7.97. The molecular weight excluding hydrogens is 210 g/mol. The van der Waals surface area contributed by atoms with E-state index in [1.54, 1.807) is 0 Å². The fourth-order valence-corrected chi connectivity index (χ4v) is 2.86. The normalized spacial score (nSPS) is 22.0. The summed E-state index contributed by atoms with van der Waals surface area (Å²) >= 11 is 0. The van der Waals surface area contributed by atoms with Gasteiger partial charge in [0.05, 0.1) is 5.60 Å². The number of rotatable bonds is 3. The Labute approximate surface area is 104 Å². The molecule has 1 aromatic carbocycles. The first-order valence-electron chi connectivity index (χ1n) is 6.49. The Morgan fingerprint density at radius 3 is 2.82 bits per heavy atom. The number of hydrogen-bond donors (Lipinski definition) is 1. The maximum Gasteiger partial charge on any atom is 0.0746 e. The molecule has 0 bridgehead atoms. The van der Waals surface area contributed by atoms with Crippen LogP contribution in [0.15, 0.2) is 24.3 Å². The summed E-state index contributed by atoms with van der Waals surface area (Å²) in [6.45, 7) is 8.03. The van der Waals surface area contributed by atoms with Crippen LogP contribution in [0.2, 0.25) is 0 Å². The van der Waals surface area contributed by atoms with E-state index in [4.69, 9.17) is 0 Å². The Morgan fingerprint density at radius 1 is 1.41 bits per heavy atom. The molecule has 0 amide bonds. The van der Waals surface area contributed by atoms with Gasteiger partial charge in [-0.1, -0.05) is 29.8 Å². The van der Waals surface area contributed by atoms with Crippen LogP contribution in [-0.4, -0.2) is 28.2 Å². The summed E-state index contributed by atoms with van der Waals surface area (Å²) in [5.41, 5.74) is 2.06. The van der Waals surface area contributed by atoms with Gasteiger partial charge in [0.15, 0.2) is 0 Å². The predicted octanol–water partition coefficient (Wildman–Crippen LogP) is 2.73. The standard InChI is InChI=1S/C15H23NO/c1-12-6-4-7-13(10-12)11-16-9-5-8-14(16)15(2,3)17/h4,6-7,10,14,17H,5,8-9,11H2,1-3H3. The second-order valence-corrected chi connectivity index (χ2v) is 5.77. The van der Waals surface area contributed by atoms with E-state index in [1.807, 2.05) is 13.8 Å². The van der Waals surface area contributed by atoms with E-state index >= 15 is 0 Å². The van der Waals surface area contributed by atoms with Crippen molar-refractivity contribution in [2.75, 3.05) is 6.54 Å². The Balaban J connectivity index is 2.08. The molecule has 1 fully saturated rings. The number of aryl methyl sites for hydroxylation is 1. The van der Waals surface area contributed by atoms with Gasteiger partial charge in [0.25, 0.3) is 0 Å². The summed E-state index contributed by atoms with van der Waals surface area (Å²) in [6.07, 6.45) is 2.30. The molecule has 0 spiro atoms. The maximum atomic E-state index is 10.2. The molecule has 1 saturated heterocycles. The molecule has 2 rings (SSSR count). The highest BCUT2D eigenvalue weighted by atomic mass is 16.3. The molecule has 1 aliphatic heterocycles. The molecule has 0 radical (unpaired) electrons. The van der Waals surface area contributed by atoms with Gasteiger partial charge in [0.1, 0.15) is 0 Å². The van der Waals surface area contributed by atoms with Crippen molar-refractivity contribution in [3.8, 4) is 0 Å². The summed E-state index contributed by atoms with van der Waals surface area (Å²) in [6, 6.07) is 8.94. The molecule has 2 nitrogen and oxygen atoms in total. The molecular formula is C15H23NO. The SMILES string of the molecule is Cc1cccc(CN2CCCC2C(C)(C)O)c1. The van der Waals surface area contributed by atoms with E-state index in [0.717, 1.165) is 19.5 Å². The van der Waals surface area contributed by atoms with Crippen LogP contribution >= 0.6 is 0 Å².